The molecule has 106 valence electrons. The third kappa shape index (κ3) is 2.47. The molecule has 1 aromatic rings. The van der Waals surface area contributed by atoms with E-state index in [-0.39, 0.29) is 11.5 Å². The smallest absolute Gasteiger partial charge is 0.128 e. The van der Waals surface area contributed by atoms with Gasteiger partial charge in [0.05, 0.1) is 13.2 Å². The first-order valence-electron chi connectivity index (χ1n) is 6.91. The molecule has 0 aromatic carbocycles. The number of nitrogens with two attached hydrogens (primary N) is 1. The standard InChI is InChI=1S/C15H24N2O2/c1-10-8-17-12(11(2)14(10)19-3)7-15(9-16)6-4-5-13(15)18/h8,13,18H,4-7,9,16H2,1-3H3. The molecule has 1 fully saturated rings. The lowest BCUT2D eigenvalue weighted by molar-refractivity contribution is 0.0579. The molecule has 0 saturated heterocycles. The van der Waals surface area contributed by atoms with Crippen molar-refractivity contribution in [2.75, 3.05) is 13.7 Å². The lowest BCUT2D eigenvalue weighted by atomic mass is 9.79. The number of methoxy groups -OCH3 is 1. The summed E-state index contributed by atoms with van der Waals surface area (Å²) in [5.41, 5.74) is 8.83. The lowest BCUT2D eigenvalue weighted by Gasteiger charge is -2.31. The summed E-state index contributed by atoms with van der Waals surface area (Å²) in [6.07, 6.45) is 5.12. The van der Waals surface area contributed by atoms with Crippen molar-refractivity contribution in [1.82, 2.24) is 4.98 Å². The van der Waals surface area contributed by atoms with Crippen LogP contribution >= 0.6 is 0 Å². The van der Waals surface area contributed by atoms with Crippen LogP contribution in [0.15, 0.2) is 6.20 Å². The van der Waals surface area contributed by atoms with Crippen molar-refractivity contribution < 1.29 is 9.84 Å². The number of hydrogen-bond acceptors (Lipinski definition) is 4. The summed E-state index contributed by atoms with van der Waals surface area (Å²) >= 11 is 0. The number of hydrogen-bond donors (Lipinski definition) is 2. The number of rotatable bonds is 4. The fraction of sp³-hybridized carbons (Fsp3) is 0.667. The molecule has 2 atom stereocenters. The maximum Gasteiger partial charge on any atom is 0.128 e. The highest BCUT2D eigenvalue weighted by atomic mass is 16.5. The molecule has 1 aliphatic rings. The first-order valence-corrected chi connectivity index (χ1v) is 6.91. The SMILES string of the molecule is COc1c(C)cnc(CC2(CN)CCCC2O)c1C. The van der Waals surface area contributed by atoms with Crippen molar-refractivity contribution in [3.05, 3.63) is 23.0 Å². The monoisotopic (exact) mass is 264 g/mol. The van der Waals surface area contributed by atoms with Crippen molar-refractivity contribution in [3.8, 4) is 5.75 Å². The van der Waals surface area contributed by atoms with E-state index in [4.69, 9.17) is 10.5 Å². The molecular weight excluding hydrogens is 240 g/mol. The number of aryl methyl sites for hydroxylation is 1. The normalized spacial score (nSPS) is 26.7. The largest absolute Gasteiger partial charge is 0.496 e. The maximum absolute atomic E-state index is 10.2. The molecule has 0 spiro atoms. The highest BCUT2D eigenvalue weighted by Crippen LogP contribution is 2.41. The van der Waals surface area contributed by atoms with E-state index in [1.54, 1.807) is 7.11 Å². The van der Waals surface area contributed by atoms with E-state index in [1.165, 1.54) is 0 Å². The minimum Gasteiger partial charge on any atom is -0.496 e. The fourth-order valence-corrected chi connectivity index (χ4v) is 3.22. The maximum atomic E-state index is 10.2. The predicted molar refractivity (Wildman–Crippen MR) is 75.3 cm³/mol. The second kappa shape index (κ2) is 5.47. The van der Waals surface area contributed by atoms with Gasteiger partial charge in [0.1, 0.15) is 5.75 Å². The van der Waals surface area contributed by atoms with Crippen molar-refractivity contribution >= 4 is 0 Å². The molecular formula is C15H24N2O2. The number of pyridine rings is 1. The molecule has 0 aliphatic heterocycles. The molecule has 0 bridgehead atoms. The van der Waals surface area contributed by atoms with Gasteiger partial charge >= 0.3 is 0 Å². The summed E-state index contributed by atoms with van der Waals surface area (Å²) in [5, 5.41) is 10.2. The lowest BCUT2D eigenvalue weighted by Crippen LogP contribution is -2.40. The Morgan fingerprint density at radius 3 is 2.79 bits per heavy atom. The molecule has 2 unspecified atom stereocenters. The second-order valence-electron chi connectivity index (χ2n) is 5.70. The Balaban J connectivity index is 2.33. The summed E-state index contributed by atoms with van der Waals surface area (Å²) < 4.78 is 5.44. The summed E-state index contributed by atoms with van der Waals surface area (Å²) in [6, 6.07) is 0. The number of ether oxygens (including phenoxy) is 1. The summed E-state index contributed by atoms with van der Waals surface area (Å²) in [4.78, 5) is 4.53. The third-order valence-electron chi connectivity index (χ3n) is 4.53. The van der Waals surface area contributed by atoms with Crippen LogP contribution in [-0.4, -0.2) is 29.8 Å². The highest BCUT2D eigenvalue weighted by molar-refractivity contribution is 5.41. The van der Waals surface area contributed by atoms with Crippen LogP contribution in [0, 0.1) is 19.3 Å². The minimum atomic E-state index is -0.314. The first kappa shape index (κ1) is 14.3. The molecule has 4 heteroatoms. The zero-order valence-electron chi connectivity index (χ0n) is 12.1. The Labute approximate surface area is 115 Å². The van der Waals surface area contributed by atoms with Crippen LogP contribution in [0.2, 0.25) is 0 Å². The van der Waals surface area contributed by atoms with Gasteiger partial charge in [0.15, 0.2) is 0 Å². The molecule has 4 nitrogen and oxygen atoms in total. The highest BCUT2D eigenvalue weighted by Gasteiger charge is 2.41. The zero-order valence-corrected chi connectivity index (χ0v) is 12.1. The van der Waals surface area contributed by atoms with Crippen LogP contribution in [0.5, 0.6) is 5.75 Å². The number of aromatic nitrogens is 1. The average Bonchev–Trinajstić information content (AvgIpc) is 2.76. The van der Waals surface area contributed by atoms with Gasteiger partial charge < -0.3 is 15.6 Å². The molecule has 19 heavy (non-hydrogen) atoms. The van der Waals surface area contributed by atoms with E-state index in [0.29, 0.717) is 6.54 Å². The molecule has 1 aromatic heterocycles. The van der Waals surface area contributed by atoms with Crippen molar-refractivity contribution in [1.29, 1.82) is 0 Å². The van der Waals surface area contributed by atoms with Gasteiger partial charge in [0.2, 0.25) is 0 Å². The zero-order chi connectivity index (χ0) is 14.0. The molecule has 1 aliphatic carbocycles. The van der Waals surface area contributed by atoms with Crippen LogP contribution in [-0.2, 0) is 6.42 Å². The van der Waals surface area contributed by atoms with Crippen LogP contribution < -0.4 is 10.5 Å². The number of aliphatic hydroxyl groups is 1. The molecule has 2 rings (SSSR count). The van der Waals surface area contributed by atoms with Gasteiger partial charge in [-0.2, -0.15) is 0 Å². The molecule has 3 N–H and O–H groups in total. The third-order valence-corrected chi connectivity index (χ3v) is 4.53. The Morgan fingerprint density at radius 2 is 2.26 bits per heavy atom. The van der Waals surface area contributed by atoms with Crippen molar-refractivity contribution in [2.45, 2.75) is 45.6 Å². The Morgan fingerprint density at radius 1 is 1.53 bits per heavy atom. The van der Waals surface area contributed by atoms with Crippen LogP contribution in [0.3, 0.4) is 0 Å². The first-order chi connectivity index (χ1) is 9.04. The average molecular weight is 264 g/mol. The fourth-order valence-electron chi connectivity index (χ4n) is 3.22. The van der Waals surface area contributed by atoms with Crippen LogP contribution in [0.4, 0.5) is 0 Å². The Kier molecular flexibility index (Phi) is 4.11. The van der Waals surface area contributed by atoms with E-state index in [9.17, 15) is 5.11 Å². The topological polar surface area (TPSA) is 68.4 Å². The van der Waals surface area contributed by atoms with Gasteiger partial charge in [-0.15, -0.1) is 0 Å². The van der Waals surface area contributed by atoms with Gasteiger partial charge in [0.25, 0.3) is 0 Å². The van der Waals surface area contributed by atoms with E-state index in [0.717, 1.165) is 48.3 Å². The minimum absolute atomic E-state index is 0.210. The van der Waals surface area contributed by atoms with E-state index < -0.39 is 0 Å². The summed E-state index contributed by atoms with van der Waals surface area (Å²) in [5.74, 6) is 0.893. The molecule has 0 radical (unpaired) electrons. The number of nitrogens with zero attached hydrogens (tertiary/aromatic N) is 1. The summed E-state index contributed by atoms with van der Waals surface area (Å²) in [7, 11) is 1.68. The van der Waals surface area contributed by atoms with Crippen LogP contribution in [0.25, 0.3) is 0 Å². The Bertz CT molecular complexity index is 462. The van der Waals surface area contributed by atoms with Crippen molar-refractivity contribution in [2.24, 2.45) is 11.1 Å². The van der Waals surface area contributed by atoms with Gasteiger partial charge in [-0.3, -0.25) is 4.98 Å². The molecule has 1 heterocycles. The van der Waals surface area contributed by atoms with Gasteiger partial charge in [-0.05, 0) is 33.1 Å². The number of aliphatic hydroxyl groups excluding tert-OH is 1. The Hall–Kier alpha value is -1.13. The van der Waals surface area contributed by atoms with Gasteiger partial charge in [0, 0.05) is 35.0 Å². The van der Waals surface area contributed by atoms with Crippen LogP contribution in [0.1, 0.15) is 36.1 Å². The summed E-state index contributed by atoms with van der Waals surface area (Å²) in [6.45, 7) is 4.52. The predicted octanol–water partition coefficient (Wildman–Crippen LogP) is 1.74. The van der Waals surface area contributed by atoms with Crippen molar-refractivity contribution in [3.63, 3.8) is 0 Å². The van der Waals surface area contributed by atoms with Gasteiger partial charge in [-0.25, -0.2) is 0 Å². The quantitative estimate of drug-likeness (QED) is 0.869. The van der Waals surface area contributed by atoms with E-state index in [2.05, 4.69) is 4.98 Å². The van der Waals surface area contributed by atoms with Gasteiger partial charge in [-0.1, -0.05) is 6.42 Å². The second-order valence-corrected chi connectivity index (χ2v) is 5.70. The molecule has 1 saturated carbocycles. The van der Waals surface area contributed by atoms with E-state index >= 15 is 0 Å². The molecule has 0 amide bonds. The van der Waals surface area contributed by atoms with E-state index in [1.807, 2.05) is 20.0 Å².